The quantitative estimate of drug-likeness (QED) is 0.907. The minimum atomic E-state index is 0.0326. The van der Waals surface area contributed by atoms with Crippen LogP contribution in [0.5, 0.6) is 0 Å². The van der Waals surface area contributed by atoms with Gasteiger partial charge in [-0.05, 0) is 46.3 Å². The Labute approximate surface area is 95.9 Å². The molecule has 0 atom stereocenters. The van der Waals surface area contributed by atoms with E-state index in [1.165, 1.54) is 18.4 Å². The summed E-state index contributed by atoms with van der Waals surface area (Å²) >= 11 is 3.54. The first kappa shape index (κ1) is 9.36. The first-order chi connectivity index (χ1) is 7.29. The van der Waals surface area contributed by atoms with Crippen LogP contribution in [0.1, 0.15) is 29.9 Å². The maximum atomic E-state index is 9.17. The molecule has 1 saturated carbocycles. The summed E-state index contributed by atoms with van der Waals surface area (Å²) in [7, 11) is 0. The van der Waals surface area contributed by atoms with Crippen LogP contribution < -0.4 is 0 Å². The predicted octanol–water partition coefficient (Wildman–Crippen LogP) is 2.47. The van der Waals surface area contributed by atoms with E-state index in [2.05, 4.69) is 33.3 Å². The third-order valence-electron chi connectivity index (χ3n) is 2.88. The number of fused-ring (bicyclic) bond motifs is 1. The second-order valence-electron chi connectivity index (χ2n) is 4.02. The zero-order valence-electron chi connectivity index (χ0n) is 8.15. The molecule has 0 amide bonds. The summed E-state index contributed by atoms with van der Waals surface area (Å²) in [6.45, 7) is 0.0326. The molecule has 0 radical (unpaired) electrons. The second-order valence-corrected chi connectivity index (χ2v) is 4.87. The van der Waals surface area contributed by atoms with Crippen LogP contribution in [-0.2, 0) is 6.61 Å². The molecule has 0 aromatic carbocycles. The van der Waals surface area contributed by atoms with Crippen LogP contribution in [0.2, 0.25) is 0 Å². The summed E-state index contributed by atoms with van der Waals surface area (Å²) in [5.74, 6) is 0.715. The molecule has 1 aliphatic rings. The van der Waals surface area contributed by atoms with Crippen molar-refractivity contribution >= 4 is 21.4 Å². The fourth-order valence-corrected chi connectivity index (χ4v) is 2.61. The van der Waals surface area contributed by atoms with Crippen molar-refractivity contribution in [1.29, 1.82) is 0 Å². The Hall–Kier alpha value is -0.870. The molecule has 0 bridgehead atoms. The van der Waals surface area contributed by atoms with Gasteiger partial charge in [0.25, 0.3) is 0 Å². The van der Waals surface area contributed by atoms with Gasteiger partial charge in [0.1, 0.15) is 0 Å². The van der Waals surface area contributed by atoms with E-state index in [0.717, 1.165) is 15.6 Å². The van der Waals surface area contributed by atoms with E-state index in [1.54, 1.807) is 6.20 Å². The summed E-state index contributed by atoms with van der Waals surface area (Å²) in [6.07, 6.45) is 6.35. The van der Waals surface area contributed by atoms with Crippen LogP contribution in [0.15, 0.2) is 22.9 Å². The van der Waals surface area contributed by atoms with Gasteiger partial charge >= 0.3 is 0 Å². The van der Waals surface area contributed by atoms with Gasteiger partial charge in [-0.25, -0.2) is 4.52 Å². The highest BCUT2D eigenvalue weighted by molar-refractivity contribution is 9.10. The molecule has 0 unspecified atom stereocenters. The molecule has 2 aromatic heterocycles. The standard InChI is InChI=1S/C11H11BrN2O/c12-10-3-8(7-1-2-7)5-14-11(10)9(6-15)4-13-14/h3-5,7,15H,1-2,6H2. The average molecular weight is 267 g/mol. The minimum absolute atomic E-state index is 0.0326. The molecular formula is C11H11BrN2O. The van der Waals surface area contributed by atoms with Crippen molar-refractivity contribution in [3.8, 4) is 0 Å². The fourth-order valence-electron chi connectivity index (χ4n) is 1.91. The molecule has 4 heteroatoms. The Bertz CT molecular complexity index is 517. The van der Waals surface area contributed by atoms with Gasteiger partial charge in [-0.1, -0.05) is 0 Å². The predicted molar refractivity (Wildman–Crippen MR) is 60.8 cm³/mol. The monoisotopic (exact) mass is 266 g/mol. The summed E-state index contributed by atoms with van der Waals surface area (Å²) in [5.41, 5.74) is 3.17. The smallest absolute Gasteiger partial charge is 0.0858 e. The highest BCUT2D eigenvalue weighted by Crippen LogP contribution is 2.41. The van der Waals surface area contributed by atoms with Crippen molar-refractivity contribution in [1.82, 2.24) is 9.61 Å². The third kappa shape index (κ3) is 1.48. The van der Waals surface area contributed by atoms with Gasteiger partial charge in [-0.15, -0.1) is 0 Å². The molecule has 0 saturated heterocycles. The lowest BCUT2D eigenvalue weighted by Crippen LogP contribution is -1.92. The van der Waals surface area contributed by atoms with Crippen LogP contribution in [-0.4, -0.2) is 14.7 Å². The number of hydrogen-bond acceptors (Lipinski definition) is 2. The molecule has 15 heavy (non-hydrogen) atoms. The Balaban J connectivity index is 2.23. The lowest BCUT2D eigenvalue weighted by Gasteiger charge is -2.03. The van der Waals surface area contributed by atoms with Gasteiger partial charge in [0.2, 0.25) is 0 Å². The molecule has 1 aliphatic carbocycles. The van der Waals surface area contributed by atoms with Gasteiger partial charge in [-0.3, -0.25) is 0 Å². The number of pyridine rings is 1. The van der Waals surface area contributed by atoms with E-state index in [-0.39, 0.29) is 6.61 Å². The zero-order chi connectivity index (χ0) is 10.4. The van der Waals surface area contributed by atoms with Gasteiger partial charge in [0.15, 0.2) is 0 Å². The molecule has 0 aliphatic heterocycles. The lowest BCUT2D eigenvalue weighted by molar-refractivity contribution is 0.283. The number of aromatic nitrogens is 2. The van der Waals surface area contributed by atoms with Crippen LogP contribution >= 0.6 is 15.9 Å². The molecule has 3 nitrogen and oxygen atoms in total. The fraction of sp³-hybridized carbons (Fsp3) is 0.364. The third-order valence-corrected chi connectivity index (χ3v) is 3.49. The van der Waals surface area contributed by atoms with Gasteiger partial charge < -0.3 is 5.11 Å². The largest absolute Gasteiger partial charge is 0.392 e. The first-order valence-electron chi connectivity index (χ1n) is 5.06. The van der Waals surface area contributed by atoms with Crippen molar-refractivity contribution in [3.05, 3.63) is 34.1 Å². The first-order valence-corrected chi connectivity index (χ1v) is 5.85. The van der Waals surface area contributed by atoms with E-state index in [0.29, 0.717) is 5.92 Å². The Morgan fingerprint density at radius 1 is 1.53 bits per heavy atom. The Kier molecular flexibility index (Phi) is 2.07. The normalized spacial score (nSPS) is 16.1. The van der Waals surface area contributed by atoms with Crippen molar-refractivity contribution < 1.29 is 5.11 Å². The highest BCUT2D eigenvalue weighted by Gasteiger charge is 2.24. The molecule has 3 rings (SSSR count). The number of nitrogens with zero attached hydrogens (tertiary/aromatic N) is 2. The van der Waals surface area contributed by atoms with Crippen molar-refractivity contribution in [3.63, 3.8) is 0 Å². The number of aliphatic hydroxyl groups is 1. The number of aliphatic hydroxyl groups excluding tert-OH is 1. The Morgan fingerprint density at radius 3 is 3.00 bits per heavy atom. The molecule has 1 fully saturated rings. The van der Waals surface area contributed by atoms with Gasteiger partial charge in [0, 0.05) is 16.2 Å². The SMILES string of the molecule is OCc1cnn2cc(C3CC3)cc(Br)c12. The van der Waals surface area contributed by atoms with Gasteiger partial charge in [-0.2, -0.15) is 5.10 Å². The van der Waals surface area contributed by atoms with Crippen molar-refractivity contribution in [2.75, 3.05) is 0 Å². The summed E-state index contributed by atoms with van der Waals surface area (Å²) in [5, 5.41) is 13.4. The number of hydrogen-bond donors (Lipinski definition) is 1. The lowest BCUT2D eigenvalue weighted by atomic mass is 10.2. The number of rotatable bonds is 2. The summed E-state index contributed by atoms with van der Waals surface area (Å²) in [4.78, 5) is 0. The van der Waals surface area contributed by atoms with E-state index in [9.17, 15) is 0 Å². The highest BCUT2D eigenvalue weighted by atomic mass is 79.9. The molecule has 0 spiro atoms. The number of halogens is 1. The second kappa shape index (κ2) is 3.32. The summed E-state index contributed by atoms with van der Waals surface area (Å²) < 4.78 is 2.87. The van der Waals surface area contributed by atoms with Crippen LogP contribution in [0.3, 0.4) is 0 Å². The van der Waals surface area contributed by atoms with Crippen LogP contribution in [0, 0.1) is 0 Å². The van der Waals surface area contributed by atoms with E-state index >= 15 is 0 Å². The Morgan fingerprint density at radius 2 is 2.33 bits per heavy atom. The molecule has 2 aromatic rings. The van der Waals surface area contributed by atoms with E-state index in [1.807, 2.05) is 4.52 Å². The topological polar surface area (TPSA) is 37.5 Å². The van der Waals surface area contributed by atoms with Crippen molar-refractivity contribution in [2.45, 2.75) is 25.4 Å². The zero-order valence-corrected chi connectivity index (χ0v) is 9.74. The maximum Gasteiger partial charge on any atom is 0.0858 e. The minimum Gasteiger partial charge on any atom is -0.392 e. The molecule has 1 N–H and O–H groups in total. The molecule has 2 heterocycles. The average Bonchev–Trinajstić information content (AvgIpc) is 2.99. The summed E-state index contributed by atoms with van der Waals surface area (Å²) in [6, 6.07) is 2.15. The molecule has 78 valence electrons. The van der Waals surface area contributed by atoms with Crippen molar-refractivity contribution in [2.24, 2.45) is 0 Å². The van der Waals surface area contributed by atoms with E-state index in [4.69, 9.17) is 5.11 Å². The van der Waals surface area contributed by atoms with Crippen LogP contribution in [0.25, 0.3) is 5.52 Å². The maximum absolute atomic E-state index is 9.17. The van der Waals surface area contributed by atoms with E-state index < -0.39 is 0 Å². The van der Waals surface area contributed by atoms with Gasteiger partial charge in [0.05, 0.1) is 18.3 Å². The van der Waals surface area contributed by atoms with Crippen LogP contribution in [0.4, 0.5) is 0 Å². The molecular weight excluding hydrogens is 256 g/mol.